The number of pyridine rings is 1. The van der Waals surface area contributed by atoms with Crippen molar-refractivity contribution in [1.29, 1.82) is 0 Å². The van der Waals surface area contributed by atoms with Gasteiger partial charge in [-0.2, -0.15) is 0 Å². The number of H-pyrrole nitrogens is 1. The van der Waals surface area contributed by atoms with Crippen LogP contribution >= 0.6 is 11.3 Å². The number of rotatable bonds is 6. The van der Waals surface area contributed by atoms with E-state index in [-0.39, 0.29) is 23.0 Å². The molecule has 3 aromatic rings. The summed E-state index contributed by atoms with van der Waals surface area (Å²) in [6.45, 7) is 0. The standard InChI is InChI=1S/C19H16N4O5S/c1-28-18(27)11-4-6-12(7-5-11)21-15(24)9-13-10-29-19(22-13)23-17(26)14-3-2-8-20-16(14)25/h2-8,10H,9H2,1H3,(H,20,25)(H,21,24)(H,22,23,26). The predicted molar refractivity (Wildman–Crippen MR) is 107 cm³/mol. The molecule has 0 unspecified atom stereocenters. The number of nitrogens with one attached hydrogen (secondary N) is 3. The predicted octanol–water partition coefficient (Wildman–Crippen LogP) is 2.05. The number of nitrogens with zero attached hydrogens (tertiary/aromatic N) is 1. The molecule has 10 heteroatoms. The first-order valence-electron chi connectivity index (χ1n) is 8.38. The normalized spacial score (nSPS) is 10.2. The maximum Gasteiger partial charge on any atom is 0.337 e. The Morgan fingerprint density at radius 2 is 1.90 bits per heavy atom. The fourth-order valence-corrected chi connectivity index (χ4v) is 3.09. The molecule has 9 nitrogen and oxygen atoms in total. The van der Waals surface area contributed by atoms with E-state index in [4.69, 9.17) is 0 Å². The Hall–Kier alpha value is -3.79. The van der Waals surface area contributed by atoms with Crippen molar-refractivity contribution in [3.63, 3.8) is 0 Å². The lowest BCUT2D eigenvalue weighted by Gasteiger charge is -2.05. The van der Waals surface area contributed by atoms with Crippen molar-refractivity contribution in [2.45, 2.75) is 6.42 Å². The number of amides is 2. The minimum atomic E-state index is -0.581. The van der Waals surface area contributed by atoms with Gasteiger partial charge in [0, 0.05) is 17.3 Å². The molecule has 0 aliphatic rings. The third-order valence-electron chi connectivity index (χ3n) is 3.77. The number of methoxy groups -OCH3 is 1. The van der Waals surface area contributed by atoms with Gasteiger partial charge in [0.15, 0.2) is 5.13 Å². The van der Waals surface area contributed by atoms with Gasteiger partial charge in [-0.1, -0.05) is 0 Å². The quantitative estimate of drug-likeness (QED) is 0.531. The van der Waals surface area contributed by atoms with Crippen LogP contribution in [0.15, 0.2) is 52.8 Å². The van der Waals surface area contributed by atoms with E-state index in [0.29, 0.717) is 16.9 Å². The molecule has 0 bridgehead atoms. The zero-order valence-electron chi connectivity index (χ0n) is 15.2. The maximum atomic E-state index is 12.2. The number of aromatic amines is 1. The van der Waals surface area contributed by atoms with Gasteiger partial charge >= 0.3 is 5.97 Å². The molecular formula is C19H16N4O5S. The van der Waals surface area contributed by atoms with E-state index in [1.165, 1.54) is 19.4 Å². The van der Waals surface area contributed by atoms with Crippen LogP contribution in [0.1, 0.15) is 26.4 Å². The number of carbonyl (C=O) groups is 3. The monoisotopic (exact) mass is 412 g/mol. The Morgan fingerprint density at radius 1 is 1.14 bits per heavy atom. The van der Waals surface area contributed by atoms with Gasteiger partial charge in [-0.3, -0.25) is 19.7 Å². The topological polar surface area (TPSA) is 130 Å². The lowest BCUT2D eigenvalue weighted by Crippen LogP contribution is -2.22. The van der Waals surface area contributed by atoms with Gasteiger partial charge in [-0.15, -0.1) is 11.3 Å². The Bertz CT molecular complexity index is 1100. The average molecular weight is 412 g/mol. The van der Waals surface area contributed by atoms with Gasteiger partial charge in [-0.25, -0.2) is 9.78 Å². The van der Waals surface area contributed by atoms with Crippen LogP contribution in [-0.2, 0) is 16.0 Å². The van der Waals surface area contributed by atoms with Crippen molar-refractivity contribution in [3.05, 3.63) is 75.1 Å². The van der Waals surface area contributed by atoms with Crippen LogP contribution < -0.4 is 16.2 Å². The third kappa shape index (κ3) is 5.14. The zero-order valence-corrected chi connectivity index (χ0v) is 16.0. The van der Waals surface area contributed by atoms with E-state index >= 15 is 0 Å². The second-order valence-corrected chi connectivity index (χ2v) is 6.66. The summed E-state index contributed by atoms with van der Waals surface area (Å²) in [5.41, 5.74) is 0.838. The molecule has 29 heavy (non-hydrogen) atoms. The Balaban J connectivity index is 1.57. The Kier molecular flexibility index (Phi) is 6.15. The molecule has 1 aromatic carbocycles. The summed E-state index contributed by atoms with van der Waals surface area (Å²) < 4.78 is 4.62. The summed E-state index contributed by atoms with van der Waals surface area (Å²) in [6, 6.07) is 9.22. The molecule has 0 radical (unpaired) electrons. The number of esters is 1. The molecule has 3 N–H and O–H groups in total. The summed E-state index contributed by atoms with van der Waals surface area (Å²) in [5.74, 6) is -1.35. The third-order valence-corrected chi connectivity index (χ3v) is 4.57. The summed E-state index contributed by atoms with van der Waals surface area (Å²) in [4.78, 5) is 54.0. The lowest BCUT2D eigenvalue weighted by molar-refractivity contribution is -0.115. The molecule has 148 valence electrons. The first-order valence-corrected chi connectivity index (χ1v) is 9.26. The highest BCUT2D eigenvalue weighted by atomic mass is 32.1. The molecule has 3 rings (SSSR count). The van der Waals surface area contributed by atoms with E-state index in [0.717, 1.165) is 11.3 Å². The van der Waals surface area contributed by atoms with Crippen molar-refractivity contribution in [2.24, 2.45) is 0 Å². The first kappa shape index (κ1) is 20.0. The molecule has 0 spiro atoms. The van der Waals surface area contributed by atoms with E-state index in [1.54, 1.807) is 35.7 Å². The number of aromatic nitrogens is 2. The second kappa shape index (κ2) is 8.93. The van der Waals surface area contributed by atoms with Crippen LogP contribution in [0.4, 0.5) is 10.8 Å². The average Bonchev–Trinajstić information content (AvgIpc) is 3.14. The summed E-state index contributed by atoms with van der Waals surface area (Å²) in [6.07, 6.45) is 1.43. The van der Waals surface area contributed by atoms with Gasteiger partial charge in [0.1, 0.15) is 5.56 Å². The van der Waals surface area contributed by atoms with E-state index in [9.17, 15) is 19.2 Å². The number of ether oxygens (including phenoxy) is 1. The molecule has 0 saturated heterocycles. The number of carbonyl (C=O) groups excluding carboxylic acids is 3. The number of hydrogen-bond donors (Lipinski definition) is 3. The Labute approximate surface area is 168 Å². The minimum absolute atomic E-state index is 0.00293. The van der Waals surface area contributed by atoms with Gasteiger partial charge in [0.25, 0.3) is 11.5 Å². The van der Waals surface area contributed by atoms with Gasteiger partial charge < -0.3 is 15.0 Å². The summed E-state index contributed by atoms with van der Waals surface area (Å²) >= 11 is 1.15. The number of thiazole rings is 1. The molecule has 0 aliphatic heterocycles. The number of hydrogen-bond acceptors (Lipinski definition) is 7. The zero-order chi connectivity index (χ0) is 20.8. The smallest absolute Gasteiger partial charge is 0.337 e. The fraction of sp³-hybridized carbons (Fsp3) is 0.105. The maximum absolute atomic E-state index is 12.2. The van der Waals surface area contributed by atoms with Crippen LogP contribution in [0.3, 0.4) is 0 Å². The second-order valence-electron chi connectivity index (χ2n) is 5.80. The molecule has 2 heterocycles. The highest BCUT2D eigenvalue weighted by molar-refractivity contribution is 7.14. The van der Waals surface area contributed by atoms with Crippen LogP contribution in [0.2, 0.25) is 0 Å². The van der Waals surface area contributed by atoms with Gasteiger partial charge in [0.05, 0.1) is 24.8 Å². The molecule has 0 atom stereocenters. The van der Waals surface area contributed by atoms with Gasteiger partial charge in [-0.05, 0) is 36.4 Å². The molecule has 0 aliphatic carbocycles. The van der Waals surface area contributed by atoms with E-state index in [2.05, 4.69) is 25.3 Å². The lowest BCUT2D eigenvalue weighted by atomic mass is 10.2. The molecule has 2 amide bonds. The molecule has 0 fully saturated rings. The SMILES string of the molecule is COC(=O)c1ccc(NC(=O)Cc2csc(NC(=O)c3ccc[nH]c3=O)n2)cc1. The molecule has 2 aromatic heterocycles. The van der Waals surface area contributed by atoms with Crippen LogP contribution in [0.5, 0.6) is 0 Å². The van der Waals surface area contributed by atoms with E-state index in [1.807, 2.05) is 0 Å². The van der Waals surface area contributed by atoms with Crippen molar-refractivity contribution < 1.29 is 19.1 Å². The van der Waals surface area contributed by atoms with Crippen molar-refractivity contribution in [3.8, 4) is 0 Å². The molecular weight excluding hydrogens is 396 g/mol. The summed E-state index contributed by atoms with van der Waals surface area (Å²) in [7, 11) is 1.29. The first-order chi connectivity index (χ1) is 14.0. The number of benzene rings is 1. The minimum Gasteiger partial charge on any atom is -0.465 e. The van der Waals surface area contributed by atoms with Crippen LogP contribution in [0.25, 0.3) is 0 Å². The highest BCUT2D eigenvalue weighted by Gasteiger charge is 2.14. The highest BCUT2D eigenvalue weighted by Crippen LogP contribution is 2.17. The van der Waals surface area contributed by atoms with Crippen LogP contribution in [-0.4, -0.2) is 34.9 Å². The largest absolute Gasteiger partial charge is 0.465 e. The number of anilines is 2. The van der Waals surface area contributed by atoms with E-state index < -0.39 is 17.4 Å². The fourth-order valence-electron chi connectivity index (χ4n) is 2.39. The van der Waals surface area contributed by atoms with Crippen LogP contribution in [0, 0.1) is 0 Å². The van der Waals surface area contributed by atoms with Crippen molar-refractivity contribution in [1.82, 2.24) is 9.97 Å². The van der Waals surface area contributed by atoms with Gasteiger partial charge in [0.2, 0.25) is 5.91 Å². The van der Waals surface area contributed by atoms with Crippen molar-refractivity contribution in [2.75, 3.05) is 17.7 Å². The Morgan fingerprint density at radius 3 is 2.59 bits per heavy atom. The summed E-state index contributed by atoms with van der Waals surface area (Å²) in [5, 5.41) is 7.16. The van der Waals surface area contributed by atoms with Crippen molar-refractivity contribution >= 4 is 39.9 Å². The molecule has 0 saturated carbocycles.